The number of fused-ring (bicyclic) bond motifs is 18. The van der Waals surface area contributed by atoms with Gasteiger partial charge in [-0.1, -0.05) is 350 Å². The van der Waals surface area contributed by atoms with Crippen molar-refractivity contribution >= 4 is 45.3 Å². The summed E-state index contributed by atoms with van der Waals surface area (Å²) in [6.07, 6.45) is 17.9. The lowest BCUT2D eigenvalue weighted by Crippen LogP contribution is -2.39. The van der Waals surface area contributed by atoms with Crippen LogP contribution in [0.1, 0.15) is 130 Å². The van der Waals surface area contributed by atoms with Gasteiger partial charge in [0.2, 0.25) is 0 Å². The number of nitriles is 2. The second-order valence-electron chi connectivity index (χ2n) is 33.2. The Labute approximate surface area is 647 Å². The molecule has 0 saturated heterocycles. The van der Waals surface area contributed by atoms with Crippen molar-refractivity contribution in [1.82, 2.24) is 19.1 Å². The van der Waals surface area contributed by atoms with E-state index in [-0.39, 0.29) is 33.2 Å². The zero-order valence-corrected chi connectivity index (χ0v) is 65.2. The lowest BCUT2D eigenvalue weighted by atomic mass is 9.66. The van der Waals surface area contributed by atoms with E-state index in [9.17, 15) is 9.59 Å². The molecular formula is C102H90N6O2. The van der Waals surface area contributed by atoms with E-state index in [0.29, 0.717) is 0 Å². The number of aromatic nitrogens is 4. The second-order valence-corrected chi connectivity index (χ2v) is 33.2. The minimum absolute atomic E-state index is 0.135. The van der Waals surface area contributed by atoms with Crippen LogP contribution < -0.4 is 0 Å². The lowest BCUT2D eigenvalue weighted by molar-refractivity contribution is -0.114. The third-order valence-electron chi connectivity index (χ3n) is 22.0. The molecule has 18 rings (SSSR count). The Balaban J connectivity index is 0.000000163. The van der Waals surface area contributed by atoms with Gasteiger partial charge < -0.3 is 9.13 Å². The van der Waals surface area contributed by atoms with Crippen LogP contribution in [-0.2, 0) is 20.7 Å². The van der Waals surface area contributed by atoms with Gasteiger partial charge >= 0.3 is 0 Å². The van der Waals surface area contributed by atoms with Gasteiger partial charge in [0.25, 0.3) is 0 Å². The predicted molar refractivity (Wildman–Crippen MR) is 452 cm³/mol. The number of carbonyl (C=O) groups is 2. The number of nitrogens with zero attached hydrogens (tertiary/aromatic N) is 6. The molecule has 8 nitrogen and oxygen atoms in total. The normalized spacial score (nSPS) is 17.2. The van der Waals surface area contributed by atoms with E-state index in [2.05, 4.69) is 383 Å². The first-order valence-corrected chi connectivity index (χ1v) is 38.0. The summed E-state index contributed by atoms with van der Waals surface area (Å²) in [6, 6.07) is 90.3. The number of ketones is 2. The molecule has 540 valence electrons. The van der Waals surface area contributed by atoms with Crippen LogP contribution in [-0.4, -0.2) is 30.7 Å². The molecule has 2 aliphatic heterocycles. The summed E-state index contributed by atoms with van der Waals surface area (Å²) in [7, 11) is 0. The highest BCUT2D eigenvalue weighted by atomic mass is 16.1. The highest BCUT2D eigenvalue weighted by molar-refractivity contribution is 6.13. The number of rotatable bonds is 4. The molecule has 10 aromatic carbocycles. The van der Waals surface area contributed by atoms with Crippen LogP contribution in [0.2, 0.25) is 0 Å². The minimum atomic E-state index is -0.823. The number of benzene rings is 10. The molecule has 110 heavy (non-hydrogen) atoms. The average molecular weight is 1430 g/mol. The van der Waals surface area contributed by atoms with Crippen molar-refractivity contribution in [3.63, 3.8) is 0 Å². The molecule has 12 aromatic rings. The van der Waals surface area contributed by atoms with E-state index in [1.807, 2.05) is 0 Å². The molecule has 2 aromatic heterocycles. The predicted octanol–water partition coefficient (Wildman–Crippen LogP) is 25.0. The maximum absolute atomic E-state index is 14.3. The van der Waals surface area contributed by atoms with Crippen molar-refractivity contribution in [1.29, 1.82) is 10.5 Å². The van der Waals surface area contributed by atoms with E-state index in [1.54, 1.807) is 12.1 Å². The molecule has 0 N–H and O–H groups in total. The van der Waals surface area contributed by atoms with Gasteiger partial charge in [-0.2, -0.15) is 10.5 Å². The minimum Gasteiger partial charge on any atom is -0.304 e. The molecule has 2 spiro atoms. The number of hydrogen-bond acceptors (Lipinski definition) is 6. The zero-order valence-electron chi connectivity index (χ0n) is 65.2. The van der Waals surface area contributed by atoms with Crippen molar-refractivity contribution in [3.05, 3.63) is 357 Å². The van der Waals surface area contributed by atoms with E-state index in [4.69, 9.17) is 20.5 Å². The fourth-order valence-corrected chi connectivity index (χ4v) is 17.3. The Kier molecular flexibility index (Phi) is 18.5. The first kappa shape index (κ1) is 72.9. The molecule has 0 amide bonds. The Bertz CT molecular complexity index is 5670. The molecule has 2 atom stereocenters. The molecule has 6 aliphatic rings. The third kappa shape index (κ3) is 11.9. The van der Waals surface area contributed by atoms with Crippen LogP contribution in [0.5, 0.6) is 0 Å². The van der Waals surface area contributed by atoms with Gasteiger partial charge in [0.05, 0.1) is 34.9 Å². The summed E-state index contributed by atoms with van der Waals surface area (Å²) in [5.41, 5.74) is 22.4. The van der Waals surface area contributed by atoms with Crippen LogP contribution in [0, 0.1) is 44.3 Å². The lowest BCUT2D eigenvalue weighted by Gasteiger charge is -2.42. The summed E-state index contributed by atoms with van der Waals surface area (Å²) in [6.45, 7) is 28.7. The van der Waals surface area contributed by atoms with Crippen LogP contribution in [0.25, 0.3) is 102 Å². The number of hydrogen-bond donors (Lipinski definition) is 0. The largest absolute Gasteiger partial charge is 0.304 e. The molecule has 0 bridgehead atoms. The van der Waals surface area contributed by atoms with Crippen LogP contribution in [0.3, 0.4) is 0 Å². The number of imidazole rings is 2. The quantitative estimate of drug-likeness (QED) is 0.173. The molecule has 0 radical (unpaired) electrons. The fourth-order valence-electron chi connectivity index (χ4n) is 17.3. The third-order valence-corrected chi connectivity index (χ3v) is 22.0. The highest BCUT2D eigenvalue weighted by Crippen LogP contribution is 2.63. The SMILES string of the molecule is CC#N.CC#N.CC(C)(C)C1=CC(=C2C=Cc3ccccc3[C@@]23c2c(ccc4ccccc24)-c2nc(-c4ccccc4)c(-c4ccccc4)n23)C=C(C(C)(C)C)C1=O.CC(C)(C)C1=CC(=C2C=Cc3ccccc3[C@]23c2c(ccc4ccccc24)-c2nc(-c4ccccc4)c(-c4ccccc4)n23)C=C(C(C)(C)C)C1=O. The maximum Gasteiger partial charge on any atom is 0.186 e. The highest BCUT2D eigenvalue weighted by Gasteiger charge is 2.56. The molecule has 0 unspecified atom stereocenters. The standard InChI is InChI=1S/2C49H42N2O.2C2H3N/c2*1-47(2,3)40-29-35(30-41(45(40)52)48(4,5)6)39-28-26-32-18-14-16-24-38(32)49(39)42-36-23-15-13-17-31(36)25-27-37(42)46-50-43(33-19-9-7-10-20-33)44(51(46)49)34-21-11-8-12-22-34;2*1-2-3/h2*7-30H,1-6H3;2*1H3/t2*49-;;/m10../s1. The number of allylic oxidation sites excluding steroid dienone is 14. The van der Waals surface area contributed by atoms with Crippen LogP contribution in [0.4, 0.5) is 0 Å². The van der Waals surface area contributed by atoms with Crippen molar-refractivity contribution in [2.24, 2.45) is 21.7 Å². The monoisotopic (exact) mass is 1430 g/mol. The van der Waals surface area contributed by atoms with Gasteiger partial charge in [-0.3, -0.25) is 9.59 Å². The Morgan fingerprint density at radius 2 is 0.618 bits per heavy atom. The van der Waals surface area contributed by atoms with Gasteiger partial charge in [0.1, 0.15) is 22.7 Å². The Hall–Kier alpha value is -12.6. The van der Waals surface area contributed by atoms with Crippen molar-refractivity contribution in [2.75, 3.05) is 0 Å². The summed E-state index contributed by atoms with van der Waals surface area (Å²) in [5, 5.41) is 19.4. The van der Waals surface area contributed by atoms with Gasteiger partial charge in [-0.25, -0.2) is 9.97 Å². The van der Waals surface area contributed by atoms with E-state index >= 15 is 0 Å². The molecule has 4 heterocycles. The summed E-state index contributed by atoms with van der Waals surface area (Å²) in [5.74, 6) is 2.15. The topological polar surface area (TPSA) is 117 Å². The zero-order chi connectivity index (χ0) is 77.4. The molecule has 0 fully saturated rings. The van der Waals surface area contributed by atoms with E-state index in [1.165, 1.54) is 68.8 Å². The van der Waals surface area contributed by atoms with Crippen molar-refractivity contribution in [2.45, 2.75) is 108 Å². The molecule has 4 aliphatic carbocycles. The molecular weight excluding hydrogens is 1340 g/mol. The van der Waals surface area contributed by atoms with Crippen molar-refractivity contribution < 1.29 is 9.59 Å². The average Bonchev–Trinajstić information content (AvgIpc) is 1.50. The second kappa shape index (κ2) is 27.9. The summed E-state index contributed by atoms with van der Waals surface area (Å²) >= 11 is 0. The Morgan fingerprint density at radius 3 is 0.936 bits per heavy atom. The van der Waals surface area contributed by atoms with Crippen LogP contribution >= 0.6 is 0 Å². The van der Waals surface area contributed by atoms with Gasteiger partial charge in [-0.05, 0) is 112 Å². The van der Waals surface area contributed by atoms with Gasteiger partial charge in [0.15, 0.2) is 11.6 Å². The number of carbonyl (C=O) groups excluding carboxylic acids is 2. The number of Topliss-reactive ketones (excluding diaryl/α,β-unsaturated/α-hetero) is 2. The Morgan fingerprint density at radius 1 is 0.336 bits per heavy atom. The molecule has 0 saturated carbocycles. The summed E-state index contributed by atoms with van der Waals surface area (Å²) < 4.78 is 5.08. The molecule has 8 heteroatoms. The van der Waals surface area contributed by atoms with Gasteiger partial charge in [-0.15, -0.1) is 0 Å². The van der Waals surface area contributed by atoms with E-state index in [0.717, 1.165) is 112 Å². The first-order valence-electron chi connectivity index (χ1n) is 38.0. The smallest absolute Gasteiger partial charge is 0.186 e. The first-order chi connectivity index (χ1) is 52.8. The fraction of sp³-hybridized carbons (Fsp3) is 0.196. The van der Waals surface area contributed by atoms with Crippen LogP contribution in [0.15, 0.2) is 324 Å². The maximum atomic E-state index is 14.3. The van der Waals surface area contributed by atoms with Gasteiger partial charge in [0, 0.05) is 80.6 Å². The van der Waals surface area contributed by atoms with Crippen molar-refractivity contribution in [3.8, 4) is 79.9 Å². The van der Waals surface area contributed by atoms with E-state index < -0.39 is 11.1 Å². The summed E-state index contributed by atoms with van der Waals surface area (Å²) in [4.78, 5) is 40.0.